The highest BCUT2D eigenvalue weighted by Crippen LogP contribution is 2.41. The average Bonchev–Trinajstić information content (AvgIpc) is 2.20. The van der Waals surface area contributed by atoms with E-state index < -0.39 is 5.82 Å². The van der Waals surface area contributed by atoms with Crippen LogP contribution in [-0.4, -0.2) is 6.04 Å². The van der Waals surface area contributed by atoms with Crippen molar-refractivity contribution in [3.8, 4) is 0 Å². The van der Waals surface area contributed by atoms with Crippen molar-refractivity contribution in [2.24, 2.45) is 11.3 Å². The van der Waals surface area contributed by atoms with Crippen molar-refractivity contribution in [2.45, 2.75) is 46.1 Å². The van der Waals surface area contributed by atoms with Crippen LogP contribution in [0.25, 0.3) is 0 Å². The summed E-state index contributed by atoms with van der Waals surface area (Å²) in [6.45, 7) is 6.83. The summed E-state index contributed by atoms with van der Waals surface area (Å²) in [4.78, 5) is 0. The van der Waals surface area contributed by atoms with Gasteiger partial charge in [0, 0.05) is 6.04 Å². The van der Waals surface area contributed by atoms with Gasteiger partial charge in [0.15, 0.2) is 0 Å². The molecule has 1 aromatic carbocycles. The molecule has 0 amide bonds. The molecule has 0 spiro atoms. The summed E-state index contributed by atoms with van der Waals surface area (Å²) in [7, 11) is 0. The highest BCUT2D eigenvalue weighted by molar-refractivity contribution is 6.39. The normalized spacial score (nSPS) is 26.2. The molecule has 1 nitrogen and oxygen atoms in total. The van der Waals surface area contributed by atoms with Crippen LogP contribution in [0.15, 0.2) is 12.1 Å². The van der Waals surface area contributed by atoms with E-state index in [1.54, 1.807) is 0 Å². The van der Waals surface area contributed by atoms with E-state index in [1.165, 1.54) is 18.6 Å². The van der Waals surface area contributed by atoms with Gasteiger partial charge in [0.25, 0.3) is 0 Å². The molecule has 0 radical (unpaired) electrons. The largest absolute Gasteiger partial charge is 0.380 e. The molecule has 0 aliphatic heterocycles. The lowest BCUT2D eigenvalue weighted by molar-refractivity contribution is 0.178. The topological polar surface area (TPSA) is 12.0 Å². The van der Waals surface area contributed by atoms with Crippen LogP contribution in [0.1, 0.15) is 40.0 Å². The van der Waals surface area contributed by atoms with Crippen LogP contribution in [0, 0.1) is 17.2 Å². The minimum Gasteiger partial charge on any atom is -0.380 e. The van der Waals surface area contributed by atoms with E-state index in [9.17, 15) is 4.39 Å². The second-order valence-corrected chi connectivity index (χ2v) is 7.31. The fourth-order valence-corrected chi connectivity index (χ4v) is 3.91. The maximum atomic E-state index is 13.2. The second-order valence-electron chi connectivity index (χ2n) is 6.50. The molecule has 1 aliphatic carbocycles. The summed E-state index contributed by atoms with van der Waals surface area (Å²) in [6, 6.07) is 2.93. The van der Waals surface area contributed by atoms with Gasteiger partial charge in [-0.25, -0.2) is 4.39 Å². The van der Waals surface area contributed by atoms with Crippen molar-refractivity contribution in [1.29, 1.82) is 0 Å². The lowest BCUT2D eigenvalue weighted by atomic mass is 9.70. The van der Waals surface area contributed by atoms with Gasteiger partial charge in [-0.1, -0.05) is 44.0 Å². The van der Waals surface area contributed by atoms with Gasteiger partial charge in [0.2, 0.25) is 0 Å². The zero-order chi connectivity index (χ0) is 14.2. The maximum absolute atomic E-state index is 13.2. The number of halogens is 3. The van der Waals surface area contributed by atoms with E-state index in [2.05, 4.69) is 26.1 Å². The van der Waals surface area contributed by atoms with E-state index in [-0.39, 0.29) is 0 Å². The van der Waals surface area contributed by atoms with Crippen molar-refractivity contribution in [2.75, 3.05) is 5.32 Å². The quantitative estimate of drug-likeness (QED) is 0.732. The van der Waals surface area contributed by atoms with Gasteiger partial charge < -0.3 is 5.32 Å². The third-order valence-electron chi connectivity index (χ3n) is 3.74. The molecule has 2 rings (SSSR count). The number of anilines is 1. The summed E-state index contributed by atoms with van der Waals surface area (Å²) in [5, 5.41) is 4.10. The van der Waals surface area contributed by atoms with Crippen molar-refractivity contribution in [3.63, 3.8) is 0 Å². The molecule has 2 unspecified atom stereocenters. The molecule has 1 aliphatic rings. The summed E-state index contributed by atoms with van der Waals surface area (Å²) in [6.07, 6.45) is 3.39. The minimum absolute atomic E-state index is 0.314. The summed E-state index contributed by atoms with van der Waals surface area (Å²) >= 11 is 12.1. The van der Waals surface area contributed by atoms with Crippen molar-refractivity contribution >= 4 is 28.9 Å². The van der Waals surface area contributed by atoms with Gasteiger partial charge in [0.1, 0.15) is 5.82 Å². The third kappa shape index (κ3) is 3.76. The van der Waals surface area contributed by atoms with Crippen molar-refractivity contribution < 1.29 is 4.39 Å². The maximum Gasteiger partial charge on any atom is 0.126 e. The Bertz CT molecular complexity index is 450. The zero-order valence-corrected chi connectivity index (χ0v) is 13.1. The molecular formula is C15H20Cl2FN. The van der Waals surface area contributed by atoms with E-state index in [1.807, 2.05) is 0 Å². The van der Waals surface area contributed by atoms with Crippen LogP contribution < -0.4 is 5.32 Å². The van der Waals surface area contributed by atoms with Gasteiger partial charge in [-0.15, -0.1) is 0 Å². The molecule has 1 N–H and O–H groups in total. The Labute approximate surface area is 124 Å². The van der Waals surface area contributed by atoms with Crippen molar-refractivity contribution in [1.82, 2.24) is 0 Å². The van der Waals surface area contributed by atoms with Gasteiger partial charge in [-0.2, -0.15) is 0 Å². The Kier molecular flexibility index (Phi) is 4.32. The first-order valence-electron chi connectivity index (χ1n) is 6.68. The summed E-state index contributed by atoms with van der Waals surface area (Å²) in [5.74, 6) is 0.261. The average molecular weight is 304 g/mol. The predicted molar refractivity (Wildman–Crippen MR) is 80.6 cm³/mol. The van der Waals surface area contributed by atoms with Crippen LogP contribution in [0.3, 0.4) is 0 Å². The molecule has 4 heteroatoms. The zero-order valence-electron chi connectivity index (χ0n) is 11.6. The second kappa shape index (κ2) is 5.49. The van der Waals surface area contributed by atoms with Crippen LogP contribution in [0.2, 0.25) is 10.0 Å². The monoisotopic (exact) mass is 303 g/mol. The molecule has 1 fully saturated rings. The number of rotatable bonds is 2. The van der Waals surface area contributed by atoms with Crippen molar-refractivity contribution in [3.05, 3.63) is 28.0 Å². The van der Waals surface area contributed by atoms with Crippen LogP contribution >= 0.6 is 23.2 Å². The lowest BCUT2D eigenvalue weighted by Gasteiger charge is -2.39. The van der Waals surface area contributed by atoms with Gasteiger partial charge >= 0.3 is 0 Å². The van der Waals surface area contributed by atoms with Gasteiger partial charge in [-0.05, 0) is 42.7 Å². The Morgan fingerprint density at radius 3 is 2.32 bits per heavy atom. The van der Waals surface area contributed by atoms with Gasteiger partial charge in [-0.3, -0.25) is 0 Å². The summed E-state index contributed by atoms with van der Waals surface area (Å²) < 4.78 is 13.2. The first-order chi connectivity index (χ1) is 8.77. The third-order valence-corrected chi connectivity index (χ3v) is 4.34. The fraction of sp³-hybridized carbons (Fsp3) is 0.600. The smallest absolute Gasteiger partial charge is 0.126 e. The van der Waals surface area contributed by atoms with E-state index >= 15 is 0 Å². The molecule has 19 heavy (non-hydrogen) atoms. The Morgan fingerprint density at radius 1 is 1.21 bits per heavy atom. The first-order valence-corrected chi connectivity index (χ1v) is 7.43. The highest BCUT2D eigenvalue weighted by atomic mass is 35.5. The Balaban J connectivity index is 2.17. The number of hydrogen-bond acceptors (Lipinski definition) is 1. The fourth-order valence-electron chi connectivity index (χ4n) is 3.34. The summed E-state index contributed by atoms with van der Waals surface area (Å²) in [5.41, 5.74) is 0.966. The molecule has 0 bridgehead atoms. The van der Waals surface area contributed by atoms with E-state index in [0.717, 1.165) is 12.8 Å². The Hall–Kier alpha value is -0.470. The van der Waals surface area contributed by atoms with E-state index in [4.69, 9.17) is 23.2 Å². The molecule has 0 heterocycles. The number of hydrogen-bond donors (Lipinski definition) is 1. The molecule has 1 saturated carbocycles. The number of nitrogens with one attached hydrogen (secondary N) is 1. The number of benzene rings is 1. The van der Waals surface area contributed by atoms with Crippen LogP contribution in [0.5, 0.6) is 0 Å². The minimum atomic E-state index is -0.405. The highest BCUT2D eigenvalue weighted by Gasteiger charge is 2.32. The SMILES string of the molecule is CC1CC(Nc2c(Cl)cc(F)cc2Cl)CC(C)(C)C1. The molecular weight excluding hydrogens is 284 g/mol. The predicted octanol–water partition coefficient (Wildman–Crippen LogP) is 5.76. The van der Waals surface area contributed by atoms with Gasteiger partial charge in [0.05, 0.1) is 15.7 Å². The lowest BCUT2D eigenvalue weighted by Crippen LogP contribution is -2.35. The Morgan fingerprint density at radius 2 is 1.79 bits per heavy atom. The molecule has 1 aromatic rings. The molecule has 0 aromatic heterocycles. The van der Waals surface area contributed by atoms with Crippen LogP contribution in [-0.2, 0) is 0 Å². The molecule has 106 valence electrons. The van der Waals surface area contributed by atoms with E-state index in [0.29, 0.717) is 33.1 Å². The first kappa shape index (κ1) is 14.9. The molecule has 2 atom stereocenters. The molecule has 0 saturated heterocycles. The standard InChI is InChI=1S/C15H20Cl2FN/c1-9-4-11(8-15(2,3)7-9)19-14-12(16)5-10(18)6-13(14)17/h5-6,9,11,19H,4,7-8H2,1-3H3. The van der Waals surface area contributed by atoms with Crippen LogP contribution in [0.4, 0.5) is 10.1 Å².